The lowest BCUT2D eigenvalue weighted by atomic mass is 10.1. The quantitative estimate of drug-likeness (QED) is 0.355. The number of aliphatic imine (C=N–C) groups is 1. The van der Waals surface area contributed by atoms with Crippen molar-refractivity contribution in [1.82, 2.24) is 15.5 Å². The molecule has 0 bridgehead atoms. The Labute approximate surface area is 190 Å². The normalized spacial score (nSPS) is 22.5. The average molecular weight is 516 g/mol. The van der Waals surface area contributed by atoms with Gasteiger partial charge in [-0.3, -0.25) is 9.79 Å². The molecular weight excluding hydrogens is 483 g/mol. The van der Waals surface area contributed by atoms with Crippen LogP contribution < -0.4 is 10.6 Å². The minimum Gasteiger partial charge on any atom is -0.355 e. The third kappa shape index (κ3) is 6.54. The van der Waals surface area contributed by atoms with Crippen LogP contribution in [0.15, 0.2) is 29.3 Å². The van der Waals surface area contributed by atoms with E-state index in [9.17, 15) is 4.79 Å². The van der Waals surface area contributed by atoms with Gasteiger partial charge in [0, 0.05) is 43.5 Å². The number of thioether (sulfide) groups is 1. The van der Waals surface area contributed by atoms with Crippen molar-refractivity contribution in [2.45, 2.75) is 50.3 Å². The lowest BCUT2D eigenvalue weighted by molar-refractivity contribution is 0.0724. The Balaban J connectivity index is 0.00000280. The highest BCUT2D eigenvalue weighted by Gasteiger charge is 2.29. The zero-order valence-corrected chi connectivity index (χ0v) is 20.1. The zero-order chi connectivity index (χ0) is 19.1. The Kier molecular flexibility index (Phi) is 9.40. The van der Waals surface area contributed by atoms with Crippen LogP contribution in [0.25, 0.3) is 0 Å². The van der Waals surface area contributed by atoms with Gasteiger partial charge in [-0.1, -0.05) is 12.1 Å². The molecule has 2 fully saturated rings. The molecule has 1 unspecified atom stereocenters. The van der Waals surface area contributed by atoms with Crippen LogP contribution in [0.5, 0.6) is 0 Å². The maximum absolute atomic E-state index is 12.5. The third-order valence-corrected chi connectivity index (χ3v) is 7.00. The van der Waals surface area contributed by atoms with E-state index in [0.29, 0.717) is 11.3 Å². The third-order valence-electron chi connectivity index (χ3n) is 5.46. The van der Waals surface area contributed by atoms with E-state index in [-0.39, 0.29) is 29.9 Å². The Morgan fingerprint density at radius 3 is 2.46 bits per heavy atom. The SMILES string of the molecule is CN=C(NCc1ccc(C(=O)N2CCCCC2)cc1)NCC1(C)CCCS1.I. The topological polar surface area (TPSA) is 56.7 Å². The molecule has 156 valence electrons. The minimum absolute atomic E-state index is 0. The van der Waals surface area contributed by atoms with Gasteiger partial charge in [0.25, 0.3) is 5.91 Å². The van der Waals surface area contributed by atoms with Gasteiger partial charge in [-0.25, -0.2) is 0 Å². The standard InChI is InChI=1S/C21H32N4OS.HI/c1-21(11-6-14-27-21)16-24-20(22-2)23-15-17-7-9-18(10-8-17)19(26)25-12-4-3-5-13-25;/h7-10H,3-6,11-16H2,1-2H3,(H2,22,23,24);1H. The van der Waals surface area contributed by atoms with Crippen molar-refractivity contribution in [3.8, 4) is 0 Å². The molecule has 1 aromatic rings. The van der Waals surface area contributed by atoms with Crippen molar-refractivity contribution in [3.05, 3.63) is 35.4 Å². The Bertz CT molecular complexity index is 653. The fourth-order valence-corrected chi connectivity index (χ4v) is 4.94. The first kappa shape index (κ1) is 23.3. The van der Waals surface area contributed by atoms with Crippen LogP contribution in [-0.2, 0) is 6.54 Å². The molecule has 0 radical (unpaired) electrons. The maximum Gasteiger partial charge on any atom is 0.253 e. The number of piperidine rings is 1. The van der Waals surface area contributed by atoms with E-state index >= 15 is 0 Å². The van der Waals surface area contributed by atoms with Gasteiger partial charge in [0.1, 0.15) is 0 Å². The van der Waals surface area contributed by atoms with Gasteiger partial charge in [0.15, 0.2) is 5.96 Å². The number of nitrogens with zero attached hydrogens (tertiary/aromatic N) is 2. The van der Waals surface area contributed by atoms with E-state index in [1.165, 1.54) is 25.0 Å². The number of halogens is 1. The molecule has 0 spiro atoms. The van der Waals surface area contributed by atoms with E-state index in [4.69, 9.17) is 0 Å². The molecule has 2 saturated heterocycles. The molecule has 3 rings (SSSR count). The summed E-state index contributed by atoms with van der Waals surface area (Å²) in [6.07, 6.45) is 6.04. The van der Waals surface area contributed by atoms with E-state index in [2.05, 4.69) is 22.5 Å². The second-order valence-corrected chi connectivity index (χ2v) is 9.41. The van der Waals surface area contributed by atoms with E-state index < -0.39 is 0 Å². The second kappa shape index (κ2) is 11.3. The summed E-state index contributed by atoms with van der Waals surface area (Å²) in [6, 6.07) is 7.96. The lowest BCUT2D eigenvalue weighted by Crippen LogP contribution is -2.43. The smallest absolute Gasteiger partial charge is 0.253 e. The first-order valence-electron chi connectivity index (χ1n) is 10.1. The minimum atomic E-state index is 0. The summed E-state index contributed by atoms with van der Waals surface area (Å²) in [4.78, 5) is 18.8. The van der Waals surface area contributed by atoms with E-state index in [1.54, 1.807) is 7.05 Å². The number of carbonyl (C=O) groups is 1. The van der Waals surface area contributed by atoms with Crippen LogP contribution in [0.2, 0.25) is 0 Å². The molecule has 0 saturated carbocycles. The van der Waals surface area contributed by atoms with Gasteiger partial charge in [-0.2, -0.15) is 11.8 Å². The van der Waals surface area contributed by atoms with E-state index in [1.807, 2.05) is 40.9 Å². The van der Waals surface area contributed by atoms with Crippen LogP contribution in [0.4, 0.5) is 0 Å². The molecule has 2 aliphatic heterocycles. The second-order valence-electron chi connectivity index (χ2n) is 7.73. The summed E-state index contributed by atoms with van der Waals surface area (Å²) in [5.74, 6) is 2.25. The van der Waals surface area contributed by atoms with Crippen molar-refractivity contribution in [2.75, 3.05) is 32.4 Å². The molecule has 1 atom stereocenters. The molecule has 2 N–H and O–H groups in total. The van der Waals surface area contributed by atoms with Gasteiger partial charge in [-0.05, 0) is 62.5 Å². The monoisotopic (exact) mass is 516 g/mol. The zero-order valence-electron chi connectivity index (χ0n) is 17.0. The molecule has 2 aliphatic rings. The van der Waals surface area contributed by atoms with Crippen molar-refractivity contribution in [3.63, 3.8) is 0 Å². The van der Waals surface area contributed by atoms with Crippen molar-refractivity contribution in [1.29, 1.82) is 0 Å². The highest BCUT2D eigenvalue weighted by Crippen LogP contribution is 2.36. The summed E-state index contributed by atoms with van der Waals surface area (Å²) >= 11 is 2.05. The number of carbonyl (C=O) groups excluding carboxylic acids is 1. The van der Waals surface area contributed by atoms with Crippen molar-refractivity contribution < 1.29 is 4.79 Å². The van der Waals surface area contributed by atoms with Gasteiger partial charge < -0.3 is 15.5 Å². The number of hydrogen-bond donors (Lipinski definition) is 2. The number of nitrogens with one attached hydrogen (secondary N) is 2. The lowest BCUT2D eigenvalue weighted by Gasteiger charge is -2.26. The van der Waals surface area contributed by atoms with Crippen LogP contribution in [0.3, 0.4) is 0 Å². The number of likely N-dealkylation sites (tertiary alicyclic amines) is 1. The summed E-state index contributed by atoms with van der Waals surface area (Å²) in [6.45, 7) is 5.73. The summed E-state index contributed by atoms with van der Waals surface area (Å²) in [5, 5.41) is 6.83. The highest BCUT2D eigenvalue weighted by atomic mass is 127. The molecule has 1 amide bonds. The molecule has 5 nitrogen and oxygen atoms in total. The molecule has 2 heterocycles. The predicted molar refractivity (Wildman–Crippen MR) is 130 cm³/mol. The molecule has 0 aromatic heterocycles. The number of benzene rings is 1. The van der Waals surface area contributed by atoms with E-state index in [0.717, 1.165) is 49.6 Å². The number of amides is 1. The van der Waals surface area contributed by atoms with Gasteiger partial charge in [0.05, 0.1) is 0 Å². The molecule has 7 heteroatoms. The van der Waals surface area contributed by atoms with Crippen LogP contribution in [-0.4, -0.2) is 53.9 Å². The maximum atomic E-state index is 12.5. The number of hydrogen-bond acceptors (Lipinski definition) is 3. The van der Waals surface area contributed by atoms with Crippen LogP contribution in [0, 0.1) is 0 Å². The average Bonchev–Trinajstić information content (AvgIpc) is 3.15. The Morgan fingerprint density at radius 1 is 1.14 bits per heavy atom. The van der Waals surface area contributed by atoms with Gasteiger partial charge in [0.2, 0.25) is 0 Å². The fraction of sp³-hybridized carbons (Fsp3) is 0.619. The Morgan fingerprint density at radius 2 is 1.86 bits per heavy atom. The Hall–Kier alpha value is -0.960. The number of rotatable bonds is 5. The summed E-state index contributed by atoms with van der Waals surface area (Å²) in [5.41, 5.74) is 1.93. The molecule has 0 aliphatic carbocycles. The molecule has 28 heavy (non-hydrogen) atoms. The summed E-state index contributed by atoms with van der Waals surface area (Å²) < 4.78 is 0.314. The van der Waals surface area contributed by atoms with Gasteiger partial charge >= 0.3 is 0 Å². The molecular formula is C21H33IN4OS. The summed E-state index contributed by atoms with van der Waals surface area (Å²) in [7, 11) is 1.81. The van der Waals surface area contributed by atoms with Crippen LogP contribution in [0.1, 0.15) is 54.9 Å². The number of guanidine groups is 1. The van der Waals surface area contributed by atoms with Crippen molar-refractivity contribution in [2.24, 2.45) is 4.99 Å². The first-order valence-corrected chi connectivity index (χ1v) is 11.0. The molecule has 1 aromatic carbocycles. The first-order chi connectivity index (χ1) is 13.1. The fourth-order valence-electron chi connectivity index (χ4n) is 3.70. The van der Waals surface area contributed by atoms with Crippen molar-refractivity contribution >= 4 is 47.6 Å². The van der Waals surface area contributed by atoms with Crippen LogP contribution >= 0.6 is 35.7 Å². The highest BCUT2D eigenvalue weighted by molar-refractivity contribution is 14.0. The van der Waals surface area contributed by atoms with Gasteiger partial charge in [-0.15, -0.1) is 24.0 Å². The largest absolute Gasteiger partial charge is 0.355 e. The predicted octanol–water partition coefficient (Wildman–Crippen LogP) is 3.88.